The van der Waals surface area contributed by atoms with Crippen LogP contribution in [0, 0.1) is 0 Å². The zero-order valence-corrected chi connectivity index (χ0v) is 29.3. The van der Waals surface area contributed by atoms with Gasteiger partial charge in [-0.25, -0.2) is 15.0 Å². The van der Waals surface area contributed by atoms with E-state index in [0.29, 0.717) is 17.5 Å². The van der Waals surface area contributed by atoms with Crippen LogP contribution >= 0.6 is 11.3 Å². The second-order valence-electron chi connectivity index (χ2n) is 13.6. The van der Waals surface area contributed by atoms with Crippen molar-refractivity contribution in [2.45, 2.75) is 0 Å². The summed E-state index contributed by atoms with van der Waals surface area (Å²) >= 11 is 1.86. The van der Waals surface area contributed by atoms with Crippen molar-refractivity contribution < 1.29 is 0 Å². The molecule has 246 valence electrons. The van der Waals surface area contributed by atoms with Crippen LogP contribution in [0.15, 0.2) is 176 Å². The summed E-state index contributed by atoms with van der Waals surface area (Å²) in [6, 6.07) is 62.7. The molecular weight excluding hydrogens is 663 g/mol. The van der Waals surface area contributed by atoms with Gasteiger partial charge in [-0.1, -0.05) is 152 Å². The maximum Gasteiger partial charge on any atom is 0.164 e. The highest BCUT2D eigenvalue weighted by Crippen LogP contribution is 2.47. The van der Waals surface area contributed by atoms with Crippen LogP contribution in [-0.4, -0.2) is 15.0 Å². The third-order valence-corrected chi connectivity index (χ3v) is 11.6. The Labute approximate surface area is 309 Å². The molecule has 0 aliphatic heterocycles. The van der Waals surface area contributed by atoms with Gasteiger partial charge in [-0.3, -0.25) is 0 Å². The number of fused-ring (bicyclic) bond motifs is 9. The number of thiophene rings is 1. The average Bonchev–Trinajstić information content (AvgIpc) is 3.60. The molecule has 0 atom stereocenters. The van der Waals surface area contributed by atoms with Crippen LogP contribution in [0.1, 0.15) is 0 Å². The molecule has 11 rings (SSSR count). The monoisotopic (exact) mass is 691 g/mol. The van der Waals surface area contributed by atoms with Crippen LogP contribution in [0.25, 0.3) is 109 Å². The summed E-state index contributed by atoms with van der Waals surface area (Å²) in [4.78, 5) is 15.8. The Bertz CT molecular complexity index is 3220. The molecule has 2 aromatic heterocycles. The van der Waals surface area contributed by atoms with Gasteiger partial charge in [0.25, 0.3) is 0 Å². The molecule has 0 bridgehead atoms. The van der Waals surface area contributed by atoms with Gasteiger partial charge in [-0.15, -0.1) is 11.3 Å². The van der Waals surface area contributed by atoms with Gasteiger partial charge < -0.3 is 0 Å². The molecule has 11 aromatic rings. The largest absolute Gasteiger partial charge is 0.208 e. The molecule has 3 nitrogen and oxygen atoms in total. The third-order valence-electron chi connectivity index (χ3n) is 10.4. The van der Waals surface area contributed by atoms with Crippen LogP contribution in [0.2, 0.25) is 0 Å². The lowest BCUT2D eigenvalue weighted by Crippen LogP contribution is -2.00. The predicted octanol–water partition coefficient (Wildman–Crippen LogP) is 13.5. The fraction of sp³-hybridized carbons (Fsp3) is 0. The van der Waals surface area contributed by atoms with E-state index in [1.165, 1.54) is 63.4 Å². The Morgan fingerprint density at radius 1 is 0.321 bits per heavy atom. The fourth-order valence-electron chi connectivity index (χ4n) is 7.82. The average molecular weight is 692 g/mol. The van der Waals surface area contributed by atoms with Crippen molar-refractivity contribution in [3.05, 3.63) is 176 Å². The van der Waals surface area contributed by atoms with Crippen molar-refractivity contribution >= 4 is 74.6 Å². The highest BCUT2D eigenvalue weighted by atomic mass is 32.1. The molecule has 0 saturated carbocycles. The molecule has 0 amide bonds. The zero-order chi connectivity index (χ0) is 34.9. The van der Waals surface area contributed by atoms with Gasteiger partial charge >= 0.3 is 0 Å². The highest BCUT2D eigenvalue weighted by Gasteiger charge is 2.21. The minimum absolute atomic E-state index is 0.648. The molecule has 0 fully saturated rings. The SMILES string of the molecule is c1ccc(-c2ccc(-c3nc(-c4ccc5ccccc5c4)nc(-c4cc5ccc6ccccc6c5c5sc6cc7ccccc7cc6c45)n3)cc2)cc1. The second-order valence-corrected chi connectivity index (χ2v) is 14.7. The van der Waals surface area contributed by atoms with E-state index in [9.17, 15) is 0 Å². The minimum Gasteiger partial charge on any atom is -0.208 e. The molecule has 0 radical (unpaired) electrons. The summed E-state index contributed by atoms with van der Waals surface area (Å²) in [7, 11) is 0. The molecular formula is C49H29N3S. The van der Waals surface area contributed by atoms with Gasteiger partial charge in [0.2, 0.25) is 0 Å². The predicted molar refractivity (Wildman–Crippen MR) is 224 cm³/mol. The number of nitrogens with zero attached hydrogens (tertiary/aromatic N) is 3. The first-order chi connectivity index (χ1) is 26.2. The van der Waals surface area contributed by atoms with E-state index in [1.807, 2.05) is 17.4 Å². The summed E-state index contributed by atoms with van der Waals surface area (Å²) in [5.74, 6) is 1.97. The summed E-state index contributed by atoms with van der Waals surface area (Å²) in [6.07, 6.45) is 0. The van der Waals surface area contributed by atoms with Crippen molar-refractivity contribution in [3.8, 4) is 45.3 Å². The van der Waals surface area contributed by atoms with Crippen molar-refractivity contribution in [3.63, 3.8) is 0 Å². The molecule has 0 aliphatic rings. The molecule has 0 N–H and O–H groups in total. The normalized spacial score (nSPS) is 11.8. The number of benzene rings is 9. The lowest BCUT2D eigenvalue weighted by Gasteiger charge is -2.13. The molecule has 0 spiro atoms. The summed E-state index contributed by atoms with van der Waals surface area (Å²) < 4.78 is 2.50. The Balaban J connectivity index is 1.21. The van der Waals surface area contributed by atoms with Crippen LogP contribution in [0.5, 0.6) is 0 Å². The fourth-order valence-corrected chi connectivity index (χ4v) is 9.15. The molecule has 4 heteroatoms. The van der Waals surface area contributed by atoms with E-state index in [2.05, 4.69) is 170 Å². The summed E-state index contributed by atoms with van der Waals surface area (Å²) in [5.41, 5.74) is 5.24. The number of rotatable bonds is 4. The Morgan fingerprint density at radius 3 is 1.66 bits per heavy atom. The first kappa shape index (κ1) is 29.9. The van der Waals surface area contributed by atoms with Gasteiger partial charge in [-0.05, 0) is 73.1 Å². The molecule has 53 heavy (non-hydrogen) atoms. The first-order valence-corrected chi connectivity index (χ1v) is 18.7. The number of hydrogen-bond acceptors (Lipinski definition) is 4. The molecule has 9 aromatic carbocycles. The Morgan fingerprint density at radius 2 is 0.868 bits per heavy atom. The van der Waals surface area contributed by atoms with E-state index in [1.54, 1.807) is 0 Å². The number of hydrogen-bond donors (Lipinski definition) is 0. The highest BCUT2D eigenvalue weighted by molar-refractivity contribution is 7.27. The van der Waals surface area contributed by atoms with Gasteiger partial charge in [-0.2, -0.15) is 0 Å². The van der Waals surface area contributed by atoms with E-state index in [4.69, 9.17) is 15.0 Å². The summed E-state index contributed by atoms with van der Waals surface area (Å²) in [5, 5.41) is 12.1. The Kier molecular flexibility index (Phi) is 6.73. The van der Waals surface area contributed by atoms with E-state index >= 15 is 0 Å². The third kappa shape index (κ3) is 4.99. The Hall–Kier alpha value is -6.75. The molecule has 0 unspecified atom stereocenters. The van der Waals surface area contributed by atoms with E-state index < -0.39 is 0 Å². The van der Waals surface area contributed by atoms with Crippen LogP contribution in [-0.2, 0) is 0 Å². The van der Waals surface area contributed by atoms with Gasteiger partial charge in [0, 0.05) is 42.2 Å². The standard InChI is InChI=1S/C49H29N3S/c1-2-10-30(11-3-1)32-18-22-34(23-19-32)47-50-48(39-25-20-31-12-4-5-14-35(31)26-39)52-49(51-47)42-28-38-24-21-33-13-8-9-17-40(33)44(38)46-45(42)41-27-36-15-6-7-16-37(36)29-43(41)53-46/h1-29H. The van der Waals surface area contributed by atoms with Crippen LogP contribution < -0.4 is 0 Å². The van der Waals surface area contributed by atoms with Crippen LogP contribution in [0.4, 0.5) is 0 Å². The lowest BCUT2D eigenvalue weighted by molar-refractivity contribution is 1.08. The van der Waals surface area contributed by atoms with Crippen molar-refractivity contribution in [2.24, 2.45) is 0 Å². The zero-order valence-electron chi connectivity index (χ0n) is 28.5. The van der Waals surface area contributed by atoms with Gasteiger partial charge in [0.1, 0.15) is 0 Å². The molecule has 2 heterocycles. The maximum atomic E-state index is 5.32. The van der Waals surface area contributed by atoms with Crippen LogP contribution in [0.3, 0.4) is 0 Å². The van der Waals surface area contributed by atoms with Gasteiger partial charge in [0.15, 0.2) is 17.5 Å². The lowest BCUT2D eigenvalue weighted by atomic mass is 9.95. The minimum atomic E-state index is 0.648. The number of aromatic nitrogens is 3. The topological polar surface area (TPSA) is 38.7 Å². The van der Waals surface area contributed by atoms with Gasteiger partial charge in [0.05, 0.1) is 0 Å². The molecule has 0 aliphatic carbocycles. The van der Waals surface area contributed by atoms with E-state index in [-0.39, 0.29) is 0 Å². The van der Waals surface area contributed by atoms with Crippen molar-refractivity contribution in [2.75, 3.05) is 0 Å². The van der Waals surface area contributed by atoms with E-state index in [0.717, 1.165) is 27.6 Å². The smallest absolute Gasteiger partial charge is 0.164 e. The van der Waals surface area contributed by atoms with Crippen molar-refractivity contribution in [1.29, 1.82) is 0 Å². The maximum absolute atomic E-state index is 5.32. The second kappa shape index (κ2) is 11.9. The summed E-state index contributed by atoms with van der Waals surface area (Å²) in [6.45, 7) is 0. The first-order valence-electron chi connectivity index (χ1n) is 17.8. The quantitative estimate of drug-likeness (QED) is 0.172. The molecule has 0 saturated heterocycles. The van der Waals surface area contributed by atoms with Crippen molar-refractivity contribution in [1.82, 2.24) is 15.0 Å².